The predicted octanol–water partition coefficient (Wildman–Crippen LogP) is 5.34. The number of nitrogens with one attached hydrogen (secondary N) is 2. The second kappa shape index (κ2) is 12.1. The van der Waals surface area contributed by atoms with Crippen molar-refractivity contribution in [2.45, 2.75) is 42.4 Å². The van der Waals surface area contributed by atoms with E-state index in [1.807, 2.05) is 37.3 Å². The third-order valence-electron chi connectivity index (χ3n) is 5.61. The third-order valence-corrected chi connectivity index (χ3v) is 8.32. The molecule has 0 radical (unpaired) electrons. The monoisotopic (exact) mass is 558 g/mol. The number of benzene rings is 2. The number of hydrogen-bond acceptors (Lipinski definition) is 8. The van der Waals surface area contributed by atoms with Gasteiger partial charge in [-0.05, 0) is 62.7 Å². The number of aromatic nitrogens is 3. The van der Waals surface area contributed by atoms with Crippen molar-refractivity contribution in [1.29, 1.82) is 5.26 Å². The maximum atomic E-state index is 13.1. The van der Waals surface area contributed by atoms with Gasteiger partial charge in [-0.15, -0.1) is 0 Å². The Labute approximate surface area is 231 Å². The summed E-state index contributed by atoms with van der Waals surface area (Å²) in [5, 5.41) is 12.4. The van der Waals surface area contributed by atoms with Gasteiger partial charge in [0.05, 0.1) is 21.4 Å². The first-order chi connectivity index (χ1) is 18.7. The van der Waals surface area contributed by atoms with E-state index in [-0.39, 0.29) is 16.8 Å². The van der Waals surface area contributed by atoms with Gasteiger partial charge in [-0.2, -0.15) is 5.26 Å². The lowest BCUT2D eigenvalue weighted by molar-refractivity contribution is -0.115. The Kier molecular flexibility index (Phi) is 8.59. The Bertz CT molecular complexity index is 1620. The van der Waals surface area contributed by atoms with Gasteiger partial charge in [0.15, 0.2) is 0 Å². The summed E-state index contributed by atoms with van der Waals surface area (Å²) >= 11 is 1.22. The molecule has 2 heterocycles. The van der Waals surface area contributed by atoms with Crippen LogP contribution in [0.3, 0.4) is 0 Å². The van der Waals surface area contributed by atoms with Crippen molar-refractivity contribution in [3.63, 3.8) is 0 Å². The lowest BCUT2D eigenvalue weighted by atomic mass is 10.1. The fourth-order valence-corrected chi connectivity index (χ4v) is 5.67. The molecule has 1 atom stereocenters. The van der Waals surface area contributed by atoms with Gasteiger partial charge in [0.2, 0.25) is 11.9 Å². The summed E-state index contributed by atoms with van der Waals surface area (Å²) in [6, 6.07) is 22.8. The number of carbonyl (C=O) groups is 1. The zero-order valence-electron chi connectivity index (χ0n) is 21.5. The molecule has 39 heavy (non-hydrogen) atoms. The first-order valence-electron chi connectivity index (χ1n) is 12.1. The van der Waals surface area contributed by atoms with E-state index in [4.69, 9.17) is 0 Å². The fraction of sp³-hybridized carbons (Fsp3) is 0.179. The van der Waals surface area contributed by atoms with Gasteiger partial charge in [0.1, 0.15) is 11.1 Å². The molecule has 1 unspecified atom stereocenters. The Morgan fingerprint density at radius 3 is 2.26 bits per heavy atom. The van der Waals surface area contributed by atoms with Crippen LogP contribution in [0.25, 0.3) is 11.3 Å². The van der Waals surface area contributed by atoms with E-state index < -0.39 is 15.3 Å². The summed E-state index contributed by atoms with van der Waals surface area (Å²) in [5.41, 5.74) is 3.74. The molecular formula is C28H26N6O3S2. The molecular weight excluding hydrogens is 532 g/mol. The van der Waals surface area contributed by atoms with Gasteiger partial charge >= 0.3 is 0 Å². The standard InChI is InChI=1S/C28H26N6O3S2/c1-4-25(38-27-21(17-29)10-15-24(33-27)20-8-6-5-7-9-20)26(35)32-22-11-13-23(14-12-22)39(36,37)34-28-30-18(2)16-19(3)31-28/h5-16,25H,4H2,1-3H3,(H,32,35)(H,30,31,34). The number of rotatable bonds is 9. The second-order valence-electron chi connectivity index (χ2n) is 8.64. The number of anilines is 2. The van der Waals surface area contributed by atoms with Gasteiger partial charge in [-0.3, -0.25) is 4.79 Å². The Balaban J connectivity index is 1.47. The van der Waals surface area contributed by atoms with Gasteiger partial charge < -0.3 is 5.32 Å². The molecule has 4 rings (SSSR count). The normalized spacial score (nSPS) is 11.8. The van der Waals surface area contributed by atoms with Gasteiger partial charge in [-0.1, -0.05) is 49.0 Å². The van der Waals surface area contributed by atoms with Crippen molar-refractivity contribution in [2.24, 2.45) is 0 Å². The quantitative estimate of drug-likeness (QED) is 0.263. The number of hydrogen-bond donors (Lipinski definition) is 2. The van der Waals surface area contributed by atoms with Crippen LogP contribution in [0.2, 0.25) is 0 Å². The van der Waals surface area contributed by atoms with Crippen LogP contribution in [-0.2, 0) is 14.8 Å². The lowest BCUT2D eigenvalue weighted by Gasteiger charge is -2.16. The maximum absolute atomic E-state index is 13.1. The predicted molar refractivity (Wildman–Crippen MR) is 152 cm³/mol. The number of aryl methyl sites for hydroxylation is 2. The minimum atomic E-state index is -3.92. The first-order valence-corrected chi connectivity index (χ1v) is 14.4. The summed E-state index contributed by atoms with van der Waals surface area (Å²) in [5.74, 6) is -0.287. The van der Waals surface area contributed by atoms with Crippen LogP contribution in [0, 0.1) is 25.2 Å². The van der Waals surface area contributed by atoms with Crippen molar-refractivity contribution < 1.29 is 13.2 Å². The molecule has 0 bridgehead atoms. The average molecular weight is 559 g/mol. The minimum absolute atomic E-state index is 0.00487. The molecule has 9 nitrogen and oxygen atoms in total. The number of pyridine rings is 1. The molecule has 1 amide bonds. The van der Waals surface area contributed by atoms with E-state index in [0.29, 0.717) is 39.8 Å². The number of carbonyl (C=O) groups excluding carboxylic acids is 1. The fourth-order valence-electron chi connectivity index (χ4n) is 3.73. The average Bonchev–Trinajstić information content (AvgIpc) is 2.91. The summed E-state index contributed by atoms with van der Waals surface area (Å²) < 4.78 is 28.0. The van der Waals surface area contributed by atoms with E-state index in [1.54, 1.807) is 32.0 Å². The summed E-state index contributed by atoms with van der Waals surface area (Å²) in [7, 11) is -3.92. The molecule has 11 heteroatoms. The van der Waals surface area contributed by atoms with E-state index in [9.17, 15) is 18.5 Å². The van der Waals surface area contributed by atoms with Crippen LogP contribution >= 0.6 is 11.8 Å². The Hall–Kier alpha value is -4.27. The summed E-state index contributed by atoms with van der Waals surface area (Å²) in [6.45, 7) is 5.38. The third kappa shape index (κ3) is 6.98. The van der Waals surface area contributed by atoms with Gasteiger partial charge in [0, 0.05) is 22.6 Å². The lowest BCUT2D eigenvalue weighted by Crippen LogP contribution is -2.25. The van der Waals surface area contributed by atoms with Crippen LogP contribution in [0.1, 0.15) is 30.3 Å². The van der Waals surface area contributed by atoms with E-state index in [1.165, 1.54) is 36.0 Å². The highest BCUT2D eigenvalue weighted by Gasteiger charge is 2.22. The Morgan fingerprint density at radius 1 is 0.974 bits per heavy atom. The molecule has 0 saturated heterocycles. The van der Waals surface area contributed by atoms with Crippen LogP contribution in [0.5, 0.6) is 0 Å². The molecule has 2 aromatic heterocycles. The number of nitriles is 1. The van der Waals surface area contributed by atoms with Crippen molar-refractivity contribution in [2.75, 3.05) is 10.0 Å². The highest BCUT2D eigenvalue weighted by molar-refractivity contribution is 8.00. The molecule has 0 aliphatic carbocycles. The van der Waals surface area contributed by atoms with Crippen LogP contribution in [0.4, 0.5) is 11.6 Å². The number of thioether (sulfide) groups is 1. The smallest absolute Gasteiger partial charge is 0.264 e. The van der Waals surface area contributed by atoms with Crippen molar-refractivity contribution in [3.05, 3.63) is 89.7 Å². The number of sulfonamides is 1. The Morgan fingerprint density at radius 2 is 1.64 bits per heavy atom. The molecule has 0 aliphatic heterocycles. The zero-order chi connectivity index (χ0) is 28.0. The summed E-state index contributed by atoms with van der Waals surface area (Å²) in [6.07, 6.45) is 0.491. The molecule has 4 aromatic rings. The van der Waals surface area contributed by atoms with Crippen LogP contribution in [-0.4, -0.2) is 34.5 Å². The van der Waals surface area contributed by atoms with E-state index >= 15 is 0 Å². The molecule has 2 N–H and O–H groups in total. The van der Waals surface area contributed by atoms with E-state index in [0.717, 1.165) is 5.56 Å². The first kappa shape index (κ1) is 27.8. The molecule has 0 aliphatic rings. The molecule has 0 saturated carbocycles. The summed E-state index contributed by atoms with van der Waals surface area (Å²) in [4.78, 5) is 26.0. The topological polar surface area (TPSA) is 138 Å². The molecule has 0 spiro atoms. The minimum Gasteiger partial charge on any atom is -0.325 e. The van der Waals surface area contributed by atoms with Crippen molar-refractivity contribution in [1.82, 2.24) is 15.0 Å². The SMILES string of the molecule is CCC(Sc1nc(-c2ccccc2)ccc1C#N)C(=O)Nc1ccc(S(=O)(=O)Nc2nc(C)cc(C)n2)cc1. The van der Waals surface area contributed by atoms with E-state index in [2.05, 4.69) is 31.1 Å². The largest absolute Gasteiger partial charge is 0.325 e. The van der Waals surface area contributed by atoms with Crippen LogP contribution in [0.15, 0.2) is 82.7 Å². The zero-order valence-corrected chi connectivity index (χ0v) is 23.2. The van der Waals surface area contributed by atoms with Crippen molar-refractivity contribution >= 4 is 39.3 Å². The maximum Gasteiger partial charge on any atom is 0.264 e. The van der Waals surface area contributed by atoms with Gasteiger partial charge in [0.25, 0.3) is 10.0 Å². The van der Waals surface area contributed by atoms with Crippen LogP contribution < -0.4 is 10.0 Å². The number of nitrogens with zero attached hydrogens (tertiary/aromatic N) is 4. The van der Waals surface area contributed by atoms with Gasteiger partial charge in [-0.25, -0.2) is 28.1 Å². The molecule has 0 fully saturated rings. The van der Waals surface area contributed by atoms with Crippen molar-refractivity contribution in [3.8, 4) is 17.3 Å². The number of amides is 1. The highest BCUT2D eigenvalue weighted by atomic mass is 32.2. The highest BCUT2D eigenvalue weighted by Crippen LogP contribution is 2.30. The second-order valence-corrected chi connectivity index (χ2v) is 11.5. The molecule has 2 aromatic carbocycles. The molecule has 198 valence electrons.